The molecule has 0 aliphatic carbocycles. The second-order valence-corrected chi connectivity index (χ2v) is 7.56. The van der Waals surface area contributed by atoms with E-state index in [1.165, 1.54) is 24.2 Å². The zero-order chi connectivity index (χ0) is 18.3. The van der Waals surface area contributed by atoms with Crippen LogP contribution < -0.4 is 5.32 Å². The first kappa shape index (κ1) is 17.2. The van der Waals surface area contributed by atoms with Crippen LogP contribution in [-0.2, 0) is 11.8 Å². The predicted molar refractivity (Wildman–Crippen MR) is 98.1 cm³/mol. The van der Waals surface area contributed by atoms with Crippen molar-refractivity contribution in [2.45, 2.75) is 31.7 Å². The zero-order valence-electron chi connectivity index (χ0n) is 15.3. The third-order valence-corrected chi connectivity index (χ3v) is 5.90. The quantitative estimate of drug-likeness (QED) is 0.916. The molecular weight excluding hydrogens is 331 g/mol. The average molecular weight is 356 g/mol. The highest BCUT2D eigenvalue weighted by Gasteiger charge is 2.41. The third kappa shape index (κ3) is 3.26. The summed E-state index contributed by atoms with van der Waals surface area (Å²) in [6, 6.07) is 9.11. The van der Waals surface area contributed by atoms with Crippen LogP contribution >= 0.6 is 0 Å². The number of aromatic nitrogens is 2. The number of hydrogen-bond acceptors (Lipinski definition) is 3. The zero-order valence-corrected chi connectivity index (χ0v) is 15.3. The Balaban J connectivity index is 1.52. The molecule has 138 valence electrons. The van der Waals surface area contributed by atoms with E-state index in [9.17, 15) is 9.18 Å². The summed E-state index contributed by atoms with van der Waals surface area (Å²) < 4.78 is 15.2. The lowest BCUT2D eigenvalue weighted by Crippen LogP contribution is -2.56. The van der Waals surface area contributed by atoms with E-state index in [2.05, 4.69) is 21.4 Å². The number of carbonyl (C=O) groups is 1. The molecule has 5 rings (SSSR count). The van der Waals surface area contributed by atoms with Crippen molar-refractivity contribution in [2.75, 3.05) is 19.6 Å². The fourth-order valence-electron chi connectivity index (χ4n) is 4.54. The molecule has 2 aromatic rings. The number of benzene rings is 1. The standard InChI is InChI=1S/C20H25FN4O/c1-13(26)22-11-17-9-15-7-8-25(17)12-18(15)20-10-19(23-24(20)2)14-3-5-16(21)6-4-14/h3-6,10,15,17-18H,7-9,11-12H2,1-2H3,(H,22,26)/t15-,17-,18+/m1/s1. The van der Waals surface area contributed by atoms with Crippen LogP contribution in [-0.4, -0.2) is 46.3 Å². The number of aryl methyl sites for hydroxylation is 1. The Kier molecular flexibility index (Phi) is 4.53. The summed E-state index contributed by atoms with van der Waals surface area (Å²) in [5.41, 5.74) is 3.09. The van der Waals surface area contributed by atoms with Crippen molar-refractivity contribution in [1.29, 1.82) is 0 Å². The van der Waals surface area contributed by atoms with Crippen LogP contribution in [0.5, 0.6) is 0 Å². The maximum atomic E-state index is 13.2. The molecule has 6 heteroatoms. The number of rotatable bonds is 4. The van der Waals surface area contributed by atoms with Gasteiger partial charge in [-0.05, 0) is 55.6 Å². The Morgan fingerprint density at radius 2 is 2.12 bits per heavy atom. The summed E-state index contributed by atoms with van der Waals surface area (Å²) in [7, 11) is 1.99. The second kappa shape index (κ2) is 6.83. The van der Waals surface area contributed by atoms with Gasteiger partial charge in [0.2, 0.25) is 5.91 Å². The molecule has 3 fully saturated rings. The first-order valence-electron chi connectivity index (χ1n) is 9.29. The molecule has 5 nitrogen and oxygen atoms in total. The first-order chi connectivity index (χ1) is 12.5. The van der Waals surface area contributed by atoms with Crippen molar-refractivity contribution in [3.63, 3.8) is 0 Å². The predicted octanol–water partition coefficient (Wildman–Crippen LogP) is 2.54. The lowest BCUT2D eigenvalue weighted by Gasteiger charge is -2.49. The van der Waals surface area contributed by atoms with Crippen molar-refractivity contribution in [2.24, 2.45) is 13.0 Å². The molecule has 3 aliphatic heterocycles. The fourth-order valence-corrected chi connectivity index (χ4v) is 4.54. The van der Waals surface area contributed by atoms with Crippen LogP contribution in [0.2, 0.25) is 0 Å². The van der Waals surface area contributed by atoms with Gasteiger partial charge in [-0.1, -0.05) is 0 Å². The van der Waals surface area contributed by atoms with Crippen molar-refractivity contribution in [1.82, 2.24) is 20.0 Å². The molecule has 0 spiro atoms. The van der Waals surface area contributed by atoms with Crippen LogP contribution in [0.15, 0.2) is 30.3 Å². The molecule has 1 aromatic heterocycles. The summed E-state index contributed by atoms with van der Waals surface area (Å²) in [5, 5.41) is 7.63. The minimum atomic E-state index is -0.229. The van der Waals surface area contributed by atoms with Gasteiger partial charge in [0, 0.05) is 50.3 Å². The molecule has 0 saturated carbocycles. The van der Waals surface area contributed by atoms with Crippen LogP contribution in [0.4, 0.5) is 4.39 Å². The van der Waals surface area contributed by atoms with Crippen molar-refractivity contribution >= 4 is 5.91 Å². The Hall–Kier alpha value is -2.21. The summed E-state index contributed by atoms with van der Waals surface area (Å²) in [5.74, 6) is 0.895. The average Bonchev–Trinajstić information content (AvgIpc) is 3.02. The van der Waals surface area contributed by atoms with Crippen LogP contribution in [0, 0.1) is 11.7 Å². The molecule has 4 heterocycles. The highest BCUT2D eigenvalue weighted by Crippen LogP contribution is 2.42. The van der Waals surface area contributed by atoms with E-state index in [1.54, 1.807) is 19.1 Å². The monoisotopic (exact) mass is 356 g/mol. The topological polar surface area (TPSA) is 50.2 Å². The highest BCUT2D eigenvalue weighted by molar-refractivity contribution is 5.72. The second-order valence-electron chi connectivity index (χ2n) is 7.56. The molecule has 1 aromatic carbocycles. The molecule has 1 unspecified atom stereocenters. The molecule has 3 saturated heterocycles. The van der Waals surface area contributed by atoms with Gasteiger partial charge < -0.3 is 5.32 Å². The third-order valence-electron chi connectivity index (χ3n) is 5.90. The lowest BCUT2D eigenvalue weighted by molar-refractivity contribution is -0.119. The van der Waals surface area contributed by atoms with Gasteiger partial charge in [-0.3, -0.25) is 14.4 Å². The minimum absolute atomic E-state index is 0.0415. The molecule has 2 bridgehead atoms. The number of nitrogens with one attached hydrogen (secondary N) is 1. The molecule has 1 amide bonds. The summed E-state index contributed by atoms with van der Waals surface area (Å²) in [4.78, 5) is 13.7. The molecule has 4 atom stereocenters. The van der Waals surface area contributed by atoms with Crippen LogP contribution in [0.3, 0.4) is 0 Å². The number of amides is 1. The van der Waals surface area contributed by atoms with Crippen LogP contribution in [0.1, 0.15) is 31.4 Å². The summed E-state index contributed by atoms with van der Waals surface area (Å²) in [6.07, 6.45) is 2.31. The number of piperidine rings is 3. The van der Waals surface area contributed by atoms with Gasteiger partial charge in [0.1, 0.15) is 5.82 Å². The van der Waals surface area contributed by atoms with E-state index in [1.807, 2.05) is 11.7 Å². The van der Waals surface area contributed by atoms with Crippen LogP contribution in [0.25, 0.3) is 11.3 Å². The largest absolute Gasteiger partial charge is 0.355 e. The van der Waals surface area contributed by atoms with E-state index in [-0.39, 0.29) is 11.7 Å². The maximum Gasteiger partial charge on any atom is 0.216 e. The van der Waals surface area contributed by atoms with Gasteiger partial charge in [-0.25, -0.2) is 4.39 Å². The van der Waals surface area contributed by atoms with E-state index < -0.39 is 0 Å². The van der Waals surface area contributed by atoms with Gasteiger partial charge in [-0.15, -0.1) is 0 Å². The number of carbonyl (C=O) groups excluding carboxylic acids is 1. The minimum Gasteiger partial charge on any atom is -0.355 e. The van der Waals surface area contributed by atoms with Gasteiger partial charge in [0.05, 0.1) is 5.69 Å². The Bertz CT molecular complexity index is 801. The summed E-state index contributed by atoms with van der Waals surface area (Å²) in [6.45, 7) is 4.43. The smallest absolute Gasteiger partial charge is 0.216 e. The van der Waals surface area contributed by atoms with Crippen molar-refractivity contribution in [3.05, 3.63) is 41.8 Å². The van der Waals surface area contributed by atoms with E-state index in [0.29, 0.717) is 17.9 Å². The number of hydrogen-bond donors (Lipinski definition) is 1. The molecule has 26 heavy (non-hydrogen) atoms. The normalized spacial score (nSPS) is 27.5. The Labute approximate surface area is 153 Å². The SMILES string of the molecule is CC(=O)NC[C@H]1C[C@H]2CCN1C[C@@H]2c1cc(-c2ccc(F)cc2)nn1C. The highest BCUT2D eigenvalue weighted by atomic mass is 19.1. The first-order valence-corrected chi connectivity index (χ1v) is 9.29. The number of halogens is 1. The number of fused-ring (bicyclic) bond motifs is 3. The van der Waals surface area contributed by atoms with Gasteiger partial charge >= 0.3 is 0 Å². The lowest BCUT2D eigenvalue weighted by atomic mass is 9.74. The molecule has 1 N–H and O–H groups in total. The Morgan fingerprint density at radius 3 is 2.77 bits per heavy atom. The van der Waals surface area contributed by atoms with E-state index >= 15 is 0 Å². The summed E-state index contributed by atoms with van der Waals surface area (Å²) >= 11 is 0. The van der Waals surface area contributed by atoms with E-state index in [0.717, 1.165) is 37.3 Å². The number of nitrogens with zero attached hydrogens (tertiary/aromatic N) is 3. The maximum absolute atomic E-state index is 13.2. The fraction of sp³-hybridized carbons (Fsp3) is 0.500. The van der Waals surface area contributed by atoms with Crippen molar-refractivity contribution in [3.8, 4) is 11.3 Å². The molecule has 0 radical (unpaired) electrons. The molecule has 3 aliphatic rings. The van der Waals surface area contributed by atoms with Gasteiger partial charge in [0.15, 0.2) is 0 Å². The van der Waals surface area contributed by atoms with Gasteiger partial charge in [-0.2, -0.15) is 5.10 Å². The Morgan fingerprint density at radius 1 is 1.35 bits per heavy atom. The molecular formula is C20H25FN4O. The van der Waals surface area contributed by atoms with E-state index in [4.69, 9.17) is 0 Å². The van der Waals surface area contributed by atoms with Gasteiger partial charge in [0.25, 0.3) is 0 Å². The van der Waals surface area contributed by atoms with Crippen molar-refractivity contribution < 1.29 is 9.18 Å².